The van der Waals surface area contributed by atoms with Gasteiger partial charge in [-0.15, -0.1) is 0 Å². The molecule has 0 saturated heterocycles. The minimum absolute atomic E-state index is 0.0461. The Labute approximate surface area is 180 Å². The third-order valence-corrected chi connectivity index (χ3v) is 5.98. The molecule has 3 aromatic rings. The summed E-state index contributed by atoms with van der Waals surface area (Å²) in [6, 6.07) is 20.2. The largest absolute Gasteiger partial charge is 0.341 e. The number of carbonyl (C=O) groups excluding carboxylic acids is 1. The van der Waals surface area contributed by atoms with Crippen molar-refractivity contribution in [3.63, 3.8) is 0 Å². The van der Waals surface area contributed by atoms with Gasteiger partial charge in [0.2, 0.25) is 5.91 Å². The van der Waals surface area contributed by atoms with Crippen molar-refractivity contribution >= 4 is 21.6 Å². The lowest BCUT2D eigenvalue weighted by molar-refractivity contribution is -0.129. The van der Waals surface area contributed by atoms with Gasteiger partial charge in [0.05, 0.1) is 22.9 Å². The monoisotopic (exact) mass is 437 g/mol. The fraction of sp³-hybridized carbons (Fsp3) is 0.130. The number of nitriles is 1. The van der Waals surface area contributed by atoms with Gasteiger partial charge in [-0.05, 0) is 59.7 Å². The molecule has 0 aliphatic heterocycles. The molecule has 0 aliphatic rings. The van der Waals surface area contributed by atoms with Crippen LogP contribution in [0.3, 0.4) is 0 Å². The number of nitrogens with one attached hydrogen (secondary N) is 1. The normalized spacial score (nSPS) is 10.9. The zero-order valence-corrected chi connectivity index (χ0v) is 17.6. The molecule has 6 nitrogen and oxygen atoms in total. The second-order valence-corrected chi connectivity index (χ2v) is 8.68. The highest BCUT2D eigenvalue weighted by Crippen LogP contribution is 2.18. The molecule has 0 fully saturated rings. The molecule has 3 aromatic carbocycles. The number of anilines is 1. The van der Waals surface area contributed by atoms with Gasteiger partial charge in [0, 0.05) is 19.3 Å². The van der Waals surface area contributed by atoms with E-state index < -0.39 is 15.8 Å². The topological polar surface area (TPSA) is 90.3 Å². The Morgan fingerprint density at radius 1 is 1.03 bits per heavy atom. The molecule has 0 aliphatic carbocycles. The Bertz CT molecular complexity index is 1220. The molecule has 158 valence electrons. The summed E-state index contributed by atoms with van der Waals surface area (Å²) in [5.74, 6) is -0.627. The molecule has 0 saturated carbocycles. The maximum absolute atomic E-state index is 13.0. The highest BCUT2D eigenvalue weighted by Gasteiger charge is 2.15. The van der Waals surface area contributed by atoms with Crippen LogP contribution in [0.2, 0.25) is 0 Å². The average Bonchev–Trinajstić information content (AvgIpc) is 2.75. The van der Waals surface area contributed by atoms with Crippen molar-refractivity contribution in [2.75, 3.05) is 11.8 Å². The zero-order chi connectivity index (χ0) is 22.4. The van der Waals surface area contributed by atoms with E-state index in [4.69, 9.17) is 5.26 Å². The molecule has 0 spiro atoms. The molecule has 1 amide bonds. The van der Waals surface area contributed by atoms with E-state index in [1.165, 1.54) is 12.1 Å². The Kier molecular flexibility index (Phi) is 6.68. The summed E-state index contributed by atoms with van der Waals surface area (Å²) in [7, 11) is -2.15. The predicted molar refractivity (Wildman–Crippen MR) is 115 cm³/mol. The van der Waals surface area contributed by atoms with Gasteiger partial charge in [0.1, 0.15) is 5.82 Å². The first-order valence-electron chi connectivity index (χ1n) is 9.37. The van der Waals surface area contributed by atoms with Crippen LogP contribution in [-0.2, 0) is 27.8 Å². The first kappa shape index (κ1) is 22.0. The summed E-state index contributed by atoms with van der Waals surface area (Å²) in [4.78, 5) is 14.0. The number of sulfonamides is 1. The van der Waals surface area contributed by atoms with Crippen molar-refractivity contribution in [2.24, 2.45) is 0 Å². The van der Waals surface area contributed by atoms with Crippen molar-refractivity contribution in [3.8, 4) is 6.07 Å². The molecular weight excluding hydrogens is 417 g/mol. The molecule has 0 atom stereocenters. The molecule has 3 rings (SSSR count). The molecule has 0 heterocycles. The minimum Gasteiger partial charge on any atom is -0.341 e. The molecule has 0 aromatic heterocycles. The van der Waals surface area contributed by atoms with Crippen LogP contribution in [0.5, 0.6) is 0 Å². The summed E-state index contributed by atoms with van der Waals surface area (Å²) in [5.41, 5.74) is 2.46. The Hall–Kier alpha value is -3.70. The van der Waals surface area contributed by atoms with Crippen LogP contribution in [0.25, 0.3) is 0 Å². The van der Waals surface area contributed by atoms with Gasteiger partial charge in [0.25, 0.3) is 10.0 Å². The molecule has 0 radical (unpaired) electrons. The summed E-state index contributed by atoms with van der Waals surface area (Å²) < 4.78 is 40.2. The number of halogens is 1. The molecule has 31 heavy (non-hydrogen) atoms. The van der Waals surface area contributed by atoms with Crippen molar-refractivity contribution in [1.82, 2.24) is 4.90 Å². The lowest BCUT2D eigenvalue weighted by Crippen LogP contribution is -2.27. The number of rotatable bonds is 7. The van der Waals surface area contributed by atoms with Gasteiger partial charge in [0.15, 0.2) is 0 Å². The van der Waals surface area contributed by atoms with Crippen LogP contribution in [0, 0.1) is 17.1 Å². The highest BCUT2D eigenvalue weighted by molar-refractivity contribution is 7.92. The van der Waals surface area contributed by atoms with Gasteiger partial charge >= 0.3 is 0 Å². The number of hydrogen-bond donors (Lipinski definition) is 1. The predicted octanol–water partition coefficient (Wildman–Crippen LogP) is 3.70. The number of carbonyl (C=O) groups is 1. The van der Waals surface area contributed by atoms with Crippen LogP contribution < -0.4 is 4.72 Å². The standard InChI is InChI=1S/C23H20FN3O3S/c1-27(16-19-4-2-3-18(13-19)15-25)23(28)14-17-5-9-21(10-6-17)26-31(29,30)22-11-7-20(24)8-12-22/h2-13,26H,14,16H2,1H3. The summed E-state index contributed by atoms with van der Waals surface area (Å²) >= 11 is 0. The van der Waals surface area contributed by atoms with Crippen LogP contribution in [0.1, 0.15) is 16.7 Å². The van der Waals surface area contributed by atoms with Gasteiger partial charge in [-0.3, -0.25) is 9.52 Å². The smallest absolute Gasteiger partial charge is 0.261 e. The van der Waals surface area contributed by atoms with Crippen molar-refractivity contribution in [1.29, 1.82) is 5.26 Å². The fourth-order valence-electron chi connectivity index (χ4n) is 2.93. The minimum atomic E-state index is -3.83. The van der Waals surface area contributed by atoms with Crippen LogP contribution in [0.4, 0.5) is 10.1 Å². The van der Waals surface area contributed by atoms with Crippen molar-refractivity contribution in [3.05, 3.63) is 95.3 Å². The van der Waals surface area contributed by atoms with Gasteiger partial charge in [-0.2, -0.15) is 5.26 Å². The van der Waals surface area contributed by atoms with E-state index in [0.717, 1.165) is 23.3 Å². The SMILES string of the molecule is CN(Cc1cccc(C#N)c1)C(=O)Cc1ccc(NS(=O)(=O)c2ccc(F)cc2)cc1. The van der Waals surface area contributed by atoms with E-state index in [1.807, 2.05) is 6.07 Å². The maximum Gasteiger partial charge on any atom is 0.261 e. The number of likely N-dealkylation sites (N-methyl/N-ethyl adjacent to an activating group) is 1. The van der Waals surface area contributed by atoms with Gasteiger partial charge in [-0.25, -0.2) is 12.8 Å². The maximum atomic E-state index is 13.0. The molecule has 1 N–H and O–H groups in total. The average molecular weight is 437 g/mol. The Balaban J connectivity index is 1.61. The van der Waals surface area contributed by atoms with E-state index in [9.17, 15) is 17.6 Å². The third kappa shape index (κ3) is 5.90. The number of nitrogens with zero attached hydrogens (tertiary/aromatic N) is 2. The summed E-state index contributed by atoms with van der Waals surface area (Å²) in [6.45, 7) is 0.379. The molecule has 0 bridgehead atoms. The molecular formula is C23H20FN3O3S. The number of amides is 1. The molecule has 0 unspecified atom stereocenters. The van der Waals surface area contributed by atoms with Crippen LogP contribution in [-0.4, -0.2) is 26.3 Å². The lowest BCUT2D eigenvalue weighted by Gasteiger charge is -2.17. The Morgan fingerprint density at radius 3 is 2.35 bits per heavy atom. The third-order valence-electron chi connectivity index (χ3n) is 4.59. The quantitative estimate of drug-likeness (QED) is 0.610. The Morgan fingerprint density at radius 2 is 1.71 bits per heavy atom. The second-order valence-electron chi connectivity index (χ2n) is 7.00. The van der Waals surface area contributed by atoms with E-state index >= 15 is 0 Å². The van der Waals surface area contributed by atoms with E-state index in [1.54, 1.807) is 54.4 Å². The van der Waals surface area contributed by atoms with Crippen molar-refractivity contribution < 1.29 is 17.6 Å². The zero-order valence-electron chi connectivity index (χ0n) is 16.7. The number of benzene rings is 3. The van der Waals surface area contributed by atoms with E-state index in [2.05, 4.69) is 10.8 Å². The summed E-state index contributed by atoms with van der Waals surface area (Å²) in [6.07, 6.45) is 0.152. The second kappa shape index (κ2) is 9.41. The highest BCUT2D eigenvalue weighted by atomic mass is 32.2. The number of hydrogen-bond acceptors (Lipinski definition) is 4. The summed E-state index contributed by atoms with van der Waals surface area (Å²) in [5, 5.41) is 8.98. The van der Waals surface area contributed by atoms with Crippen molar-refractivity contribution in [2.45, 2.75) is 17.9 Å². The van der Waals surface area contributed by atoms with E-state index in [-0.39, 0.29) is 17.2 Å². The lowest BCUT2D eigenvalue weighted by atomic mass is 10.1. The van der Waals surface area contributed by atoms with Crippen LogP contribution in [0.15, 0.2) is 77.7 Å². The van der Waals surface area contributed by atoms with E-state index in [0.29, 0.717) is 17.8 Å². The molecule has 8 heteroatoms. The fourth-order valence-corrected chi connectivity index (χ4v) is 3.99. The van der Waals surface area contributed by atoms with Crippen LogP contribution >= 0.6 is 0 Å². The first-order chi connectivity index (χ1) is 14.8. The van der Waals surface area contributed by atoms with Gasteiger partial charge < -0.3 is 4.90 Å². The first-order valence-corrected chi connectivity index (χ1v) is 10.9. The van der Waals surface area contributed by atoms with Gasteiger partial charge in [-0.1, -0.05) is 24.3 Å².